The van der Waals surface area contributed by atoms with Crippen molar-refractivity contribution < 1.29 is 32.4 Å². The molecule has 5 rings (SSSR count). The predicted octanol–water partition coefficient (Wildman–Crippen LogP) is 2.74. The molecule has 0 aromatic carbocycles. The van der Waals surface area contributed by atoms with E-state index in [4.69, 9.17) is 0 Å². The van der Waals surface area contributed by atoms with Crippen molar-refractivity contribution in [3.05, 3.63) is 0 Å². The van der Waals surface area contributed by atoms with Crippen molar-refractivity contribution in [2.75, 3.05) is 12.3 Å². The van der Waals surface area contributed by atoms with Crippen LogP contribution in [0.5, 0.6) is 0 Å². The van der Waals surface area contributed by atoms with Crippen LogP contribution in [0.3, 0.4) is 0 Å². The predicted molar refractivity (Wildman–Crippen MR) is 177 cm³/mol. The lowest BCUT2D eigenvalue weighted by atomic mass is 9.78. The number of carbonyl (C=O) groups excluding carboxylic acids is 5. The highest BCUT2D eigenvalue weighted by molar-refractivity contribution is 7.92. The van der Waals surface area contributed by atoms with Gasteiger partial charge in [-0.3, -0.25) is 19.2 Å². The summed E-state index contributed by atoms with van der Waals surface area (Å²) >= 11 is 0. The Morgan fingerprint density at radius 2 is 1.60 bits per heavy atom. The summed E-state index contributed by atoms with van der Waals surface area (Å²) in [6.45, 7) is 7.82. The van der Waals surface area contributed by atoms with Crippen LogP contribution in [0.25, 0.3) is 0 Å². The molecule has 264 valence electrons. The number of nitrogens with one attached hydrogen (secondary N) is 4. The van der Waals surface area contributed by atoms with Crippen LogP contribution >= 0.6 is 0 Å². The van der Waals surface area contributed by atoms with Gasteiger partial charge < -0.3 is 26.2 Å². The lowest BCUT2D eigenvalue weighted by Crippen LogP contribution is -2.65. The Kier molecular flexibility index (Phi) is 10.6. The van der Waals surface area contributed by atoms with Gasteiger partial charge >= 0.3 is 6.03 Å². The standard InChI is InChI=1S/C34H55N5O7S/c1-5-11-24(27(40)30(42)35-22-15-16-22)36-29(41)26-23-13-9-12-21(23)20-39(26)31(43)28(33(2,3)4)37-32(44)38-34(17-7-6-8-18-34)25-14-10-19-47(25,45)46/h21-26,28H,5-20H2,1-4H3,(H,35,42)(H,36,41)(H2,37,38,44)/t21-,23-,24-,25+,26-,28+/m0/s1. The summed E-state index contributed by atoms with van der Waals surface area (Å²) in [6, 6.07) is -3.35. The first-order valence-corrected chi connectivity index (χ1v) is 19.6. The molecule has 5 aliphatic rings. The zero-order chi connectivity index (χ0) is 34.1. The van der Waals surface area contributed by atoms with Crippen molar-refractivity contribution in [2.45, 2.75) is 153 Å². The van der Waals surface area contributed by atoms with Crippen molar-refractivity contribution >= 4 is 39.4 Å². The third-order valence-electron chi connectivity index (χ3n) is 11.2. The third-order valence-corrected chi connectivity index (χ3v) is 13.6. The van der Waals surface area contributed by atoms with Crippen LogP contribution in [0.2, 0.25) is 0 Å². The highest BCUT2D eigenvalue weighted by Crippen LogP contribution is 2.43. The Morgan fingerprint density at radius 1 is 0.894 bits per heavy atom. The number of urea groups is 1. The fourth-order valence-electron chi connectivity index (χ4n) is 8.65. The van der Waals surface area contributed by atoms with E-state index in [9.17, 15) is 32.4 Å². The van der Waals surface area contributed by atoms with Crippen molar-refractivity contribution in [1.29, 1.82) is 0 Å². The molecule has 12 nitrogen and oxygen atoms in total. The average molecular weight is 678 g/mol. The summed E-state index contributed by atoms with van der Waals surface area (Å²) < 4.78 is 26.1. The van der Waals surface area contributed by atoms with E-state index in [0.29, 0.717) is 45.1 Å². The maximum Gasteiger partial charge on any atom is 0.315 e. The molecule has 6 atom stereocenters. The average Bonchev–Trinajstić information content (AvgIpc) is 3.38. The molecule has 0 aromatic rings. The van der Waals surface area contributed by atoms with Crippen LogP contribution < -0.4 is 21.3 Å². The van der Waals surface area contributed by atoms with Gasteiger partial charge in [0.05, 0.1) is 22.6 Å². The number of fused-ring (bicyclic) bond motifs is 1. The number of likely N-dealkylation sites (tertiary alicyclic amines) is 1. The molecule has 0 bridgehead atoms. The second-order valence-corrected chi connectivity index (χ2v) is 18.2. The highest BCUT2D eigenvalue weighted by Gasteiger charge is 2.53. The molecule has 47 heavy (non-hydrogen) atoms. The number of nitrogens with zero attached hydrogens (tertiary/aromatic N) is 1. The van der Waals surface area contributed by atoms with E-state index in [-0.39, 0.29) is 29.5 Å². The fourth-order valence-corrected chi connectivity index (χ4v) is 11.0. The van der Waals surface area contributed by atoms with E-state index >= 15 is 0 Å². The van der Waals surface area contributed by atoms with Crippen LogP contribution in [-0.4, -0.2) is 90.1 Å². The van der Waals surface area contributed by atoms with Crippen molar-refractivity contribution in [3.63, 3.8) is 0 Å². The van der Waals surface area contributed by atoms with Crippen molar-refractivity contribution in [2.24, 2.45) is 17.3 Å². The number of amides is 5. The number of rotatable bonds is 11. The van der Waals surface area contributed by atoms with Gasteiger partial charge in [-0.1, -0.05) is 59.8 Å². The van der Waals surface area contributed by atoms with Gasteiger partial charge in [-0.05, 0) is 75.0 Å². The Morgan fingerprint density at radius 3 is 2.19 bits per heavy atom. The number of Topliss-reactive ketones (excluding diaryl/α,β-unsaturated/α-hetero) is 1. The van der Waals surface area contributed by atoms with Crippen molar-refractivity contribution in [3.8, 4) is 0 Å². The normalized spacial score (nSPS) is 29.3. The first kappa shape index (κ1) is 35.6. The topological polar surface area (TPSA) is 171 Å². The number of carbonyl (C=O) groups is 5. The summed E-state index contributed by atoms with van der Waals surface area (Å²) in [7, 11) is -3.34. The molecule has 4 N–H and O–H groups in total. The molecule has 2 aliphatic heterocycles. The Bertz CT molecular complexity index is 1330. The highest BCUT2D eigenvalue weighted by atomic mass is 32.2. The molecule has 5 amide bonds. The van der Waals surface area contributed by atoms with Crippen LogP contribution in [0, 0.1) is 17.3 Å². The summed E-state index contributed by atoms with van der Waals surface area (Å²) in [5.41, 5.74) is -1.60. The zero-order valence-electron chi connectivity index (χ0n) is 28.6. The monoisotopic (exact) mass is 677 g/mol. The van der Waals surface area contributed by atoms with Crippen molar-refractivity contribution in [1.82, 2.24) is 26.2 Å². The first-order valence-electron chi connectivity index (χ1n) is 17.9. The molecular formula is C34H55N5O7S. The lowest BCUT2D eigenvalue weighted by molar-refractivity contribution is -0.144. The van der Waals surface area contributed by atoms with E-state index in [1.54, 1.807) is 4.90 Å². The first-order chi connectivity index (χ1) is 22.2. The molecule has 0 aromatic heterocycles. The smallest absolute Gasteiger partial charge is 0.315 e. The number of hydrogen-bond donors (Lipinski definition) is 4. The van der Waals surface area contributed by atoms with Crippen LogP contribution in [0.4, 0.5) is 4.79 Å². The largest absolute Gasteiger partial charge is 0.347 e. The van der Waals surface area contributed by atoms with Crippen LogP contribution in [0.1, 0.15) is 118 Å². The minimum absolute atomic E-state index is 0.0150. The summed E-state index contributed by atoms with van der Waals surface area (Å²) in [5.74, 6) is -2.00. The van der Waals surface area contributed by atoms with Crippen LogP contribution in [0.15, 0.2) is 0 Å². The number of sulfone groups is 1. The number of hydrogen-bond acceptors (Lipinski definition) is 7. The summed E-state index contributed by atoms with van der Waals surface area (Å²) in [6.07, 6.45) is 10.0. The van der Waals surface area contributed by atoms with Gasteiger partial charge in [-0.15, -0.1) is 0 Å². The van der Waals surface area contributed by atoms with Gasteiger partial charge in [0.25, 0.3) is 5.91 Å². The maximum absolute atomic E-state index is 14.5. The molecule has 0 radical (unpaired) electrons. The van der Waals surface area contributed by atoms with E-state index in [0.717, 1.165) is 51.4 Å². The minimum Gasteiger partial charge on any atom is -0.347 e. The Hall–Kier alpha value is -2.70. The fraction of sp³-hybridized carbons (Fsp3) is 0.853. The lowest BCUT2D eigenvalue weighted by Gasteiger charge is -2.43. The number of ketones is 1. The van der Waals surface area contributed by atoms with Gasteiger partial charge in [-0.25, -0.2) is 13.2 Å². The molecule has 0 unspecified atom stereocenters. The van der Waals surface area contributed by atoms with E-state index in [2.05, 4.69) is 21.3 Å². The third kappa shape index (κ3) is 7.80. The summed E-state index contributed by atoms with van der Waals surface area (Å²) in [4.78, 5) is 69.5. The second-order valence-electron chi connectivity index (χ2n) is 15.9. The molecule has 3 aliphatic carbocycles. The minimum atomic E-state index is -3.34. The van der Waals surface area contributed by atoms with Crippen LogP contribution in [-0.2, 0) is 29.0 Å². The Balaban J connectivity index is 1.34. The van der Waals surface area contributed by atoms with Gasteiger partial charge in [0.1, 0.15) is 12.1 Å². The SMILES string of the molecule is CCC[C@H](NC(=O)[C@@H]1[C@H]2CCC[C@H]2CN1C(=O)[C@@H](NC(=O)NC1([C@H]2CCCS2(=O)=O)CCCCC1)C(C)(C)C)C(=O)C(=O)NC1CC1. The van der Waals surface area contributed by atoms with Gasteiger partial charge in [0.2, 0.25) is 17.6 Å². The zero-order valence-corrected chi connectivity index (χ0v) is 29.4. The van der Waals surface area contributed by atoms with Gasteiger partial charge in [0.15, 0.2) is 9.84 Å². The molecule has 2 saturated heterocycles. The Labute approximate surface area is 279 Å². The second kappa shape index (κ2) is 14.0. The van der Waals surface area contributed by atoms with Gasteiger partial charge in [-0.2, -0.15) is 0 Å². The van der Waals surface area contributed by atoms with Gasteiger partial charge in [0, 0.05) is 12.6 Å². The molecule has 2 heterocycles. The maximum atomic E-state index is 14.5. The molecule has 3 saturated carbocycles. The molecular weight excluding hydrogens is 622 g/mol. The molecule has 0 spiro atoms. The summed E-state index contributed by atoms with van der Waals surface area (Å²) in [5, 5.41) is 10.9. The quantitative estimate of drug-likeness (QED) is 0.244. The van der Waals surface area contributed by atoms with E-state index in [1.165, 1.54) is 0 Å². The van der Waals surface area contributed by atoms with E-state index in [1.807, 2.05) is 27.7 Å². The molecule has 5 fully saturated rings. The molecule has 13 heteroatoms. The van der Waals surface area contributed by atoms with E-state index < -0.39 is 67.8 Å².